The zero-order valence-corrected chi connectivity index (χ0v) is 10.7. The van der Waals surface area contributed by atoms with Crippen LogP contribution in [-0.4, -0.2) is 14.2 Å². The molecule has 0 aliphatic heterocycles. The van der Waals surface area contributed by atoms with E-state index in [1.54, 1.807) is 25.6 Å². The molecule has 1 aromatic carbocycles. The lowest BCUT2D eigenvalue weighted by Gasteiger charge is -2.18. The van der Waals surface area contributed by atoms with Gasteiger partial charge in [-0.25, -0.2) is 0 Å². The van der Waals surface area contributed by atoms with Gasteiger partial charge in [0.2, 0.25) is 0 Å². The summed E-state index contributed by atoms with van der Waals surface area (Å²) in [7, 11) is 3.28. The predicted molar refractivity (Wildman–Crippen MR) is 69.9 cm³/mol. The fourth-order valence-corrected chi connectivity index (χ4v) is 2.50. The van der Waals surface area contributed by atoms with Crippen LogP contribution in [0, 0.1) is 0 Å². The highest BCUT2D eigenvalue weighted by atomic mass is 32.1. The number of thiophene rings is 1. The summed E-state index contributed by atoms with van der Waals surface area (Å²) in [6.45, 7) is 0. The molecule has 2 rings (SSSR count). The summed E-state index contributed by atoms with van der Waals surface area (Å²) in [4.78, 5) is 0. The quantitative estimate of drug-likeness (QED) is 0.906. The maximum Gasteiger partial charge on any atom is 0.127 e. The Morgan fingerprint density at radius 3 is 2.24 bits per heavy atom. The number of nitrogens with two attached hydrogens (primary N) is 1. The van der Waals surface area contributed by atoms with Gasteiger partial charge in [0.15, 0.2) is 0 Å². The first-order chi connectivity index (χ1) is 8.27. The monoisotopic (exact) mass is 249 g/mol. The molecular weight excluding hydrogens is 234 g/mol. The molecule has 0 radical (unpaired) electrons. The van der Waals surface area contributed by atoms with Gasteiger partial charge < -0.3 is 15.2 Å². The molecule has 0 aliphatic carbocycles. The van der Waals surface area contributed by atoms with E-state index < -0.39 is 0 Å². The Morgan fingerprint density at radius 1 is 1.12 bits per heavy atom. The first-order valence-electron chi connectivity index (χ1n) is 5.26. The summed E-state index contributed by atoms with van der Waals surface area (Å²) in [6.07, 6.45) is 0. The zero-order valence-electron chi connectivity index (χ0n) is 9.84. The number of rotatable bonds is 4. The molecule has 0 amide bonds. The van der Waals surface area contributed by atoms with Gasteiger partial charge in [-0.3, -0.25) is 0 Å². The van der Waals surface area contributed by atoms with Crippen LogP contribution in [-0.2, 0) is 0 Å². The molecule has 1 unspecified atom stereocenters. The largest absolute Gasteiger partial charge is 0.496 e. The Morgan fingerprint density at radius 2 is 1.76 bits per heavy atom. The standard InChI is InChI=1S/C13H15NO2S/c1-15-10-4-3-5-11(16-2)12(10)13(14)9-6-7-17-8-9/h3-8,13H,14H2,1-2H3. The maximum atomic E-state index is 6.26. The van der Waals surface area contributed by atoms with Crippen molar-refractivity contribution >= 4 is 11.3 Å². The van der Waals surface area contributed by atoms with E-state index in [0.29, 0.717) is 0 Å². The summed E-state index contributed by atoms with van der Waals surface area (Å²) in [6, 6.07) is 7.46. The van der Waals surface area contributed by atoms with Gasteiger partial charge in [-0.05, 0) is 34.5 Å². The predicted octanol–water partition coefficient (Wildman–Crippen LogP) is 2.81. The van der Waals surface area contributed by atoms with Crippen LogP contribution >= 0.6 is 11.3 Å². The van der Waals surface area contributed by atoms with Crippen molar-refractivity contribution in [3.8, 4) is 11.5 Å². The molecule has 0 saturated heterocycles. The third-order valence-electron chi connectivity index (χ3n) is 2.68. The molecule has 90 valence electrons. The Hall–Kier alpha value is -1.52. The molecule has 17 heavy (non-hydrogen) atoms. The van der Waals surface area contributed by atoms with Gasteiger partial charge in [0.1, 0.15) is 11.5 Å². The van der Waals surface area contributed by atoms with Crippen molar-refractivity contribution in [2.75, 3.05) is 14.2 Å². The molecule has 1 aromatic heterocycles. The summed E-state index contributed by atoms with van der Waals surface area (Å²) in [5, 5.41) is 4.05. The van der Waals surface area contributed by atoms with E-state index in [1.165, 1.54) is 0 Å². The second-order valence-corrected chi connectivity index (χ2v) is 4.39. The molecule has 2 N–H and O–H groups in total. The average molecular weight is 249 g/mol. The molecule has 1 heterocycles. The van der Waals surface area contributed by atoms with Crippen molar-refractivity contribution in [3.05, 3.63) is 46.2 Å². The molecule has 4 heteroatoms. The van der Waals surface area contributed by atoms with Crippen LogP contribution in [0.2, 0.25) is 0 Å². The molecule has 0 saturated carbocycles. The number of benzene rings is 1. The second kappa shape index (κ2) is 5.21. The van der Waals surface area contributed by atoms with Crippen molar-refractivity contribution in [3.63, 3.8) is 0 Å². The molecule has 0 bridgehead atoms. The minimum absolute atomic E-state index is 0.229. The third kappa shape index (κ3) is 2.28. The van der Waals surface area contributed by atoms with Gasteiger partial charge in [-0.15, -0.1) is 0 Å². The topological polar surface area (TPSA) is 44.5 Å². The summed E-state index contributed by atoms with van der Waals surface area (Å²) < 4.78 is 10.7. The molecule has 2 aromatic rings. The summed E-state index contributed by atoms with van der Waals surface area (Å²) in [5.74, 6) is 1.51. The van der Waals surface area contributed by atoms with E-state index in [9.17, 15) is 0 Å². The van der Waals surface area contributed by atoms with Gasteiger partial charge in [-0.1, -0.05) is 6.07 Å². The zero-order chi connectivity index (χ0) is 12.3. The van der Waals surface area contributed by atoms with Crippen molar-refractivity contribution in [2.45, 2.75) is 6.04 Å². The van der Waals surface area contributed by atoms with Gasteiger partial charge in [0.05, 0.1) is 25.8 Å². The van der Waals surface area contributed by atoms with Gasteiger partial charge in [0, 0.05) is 0 Å². The van der Waals surface area contributed by atoms with Crippen LogP contribution in [0.5, 0.6) is 11.5 Å². The van der Waals surface area contributed by atoms with E-state index in [2.05, 4.69) is 0 Å². The molecule has 3 nitrogen and oxygen atoms in total. The van der Waals surface area contributed by atoms with Crippen LogP contribution in [0.1, 0.15) is 17.2 Å². The Labute approximate surface area is 105 Å². The van der Waals surface area contributed by atoms with Crippen molar-refractivity contribution in [1.82, 2.24) is 0 Å². The number of hydrogen-bond donors (Lipinski definition) is 1. The molecule has 0 aliphatic rings. The number of ether oxygens (including phenoxy) is 2. The van der Waals surface area contributed by atoms with Crippen LogP contribution in [0.4, 0.5) is 0 Å². The van der Waals surface area contributed by atoms with E-state index >= 15 is 0 Å². The van der Waals surface area contributed by atoms with Gasteiger partial charge in [-0.2, -0.15) is 11.3 Å². The SMILES string of the molecule is COc1cccc(OC)c1C(N)c1ccsc1. The number of methoxy groups -OCH3 is 2. The average Bonchev–Trinajstić information content (AvgIpc) is 2.90. The first-order valence-corrected chi connectivity index (χ1v) is 6.20. The normalized spacial score (nSPS) is 12.2. The number of hydrogen-bond acceptors (Lipinski definition) is 4. The highest BCUT2D eigenvalue weighted by molar-refractivity contribution is 7.08. The van der Waals surface area contributed by atoms with E-state index in [0.717, 1.165) is 22.6 Å². The van der Waals surface area contributed by atoms with Crippen LogP contribution < -0.4 is 15.2 Å². The van der Waals surface area contributed by atoms with Gasteiger partial charge >= 0.3 is 0 Å². The lowest BCUT2D eigenvalue weighted by Crippen LogP contribution is -2.13. The van der Waals surface area contributed by atoms with E-state index in [-0.39, 0.29) is 6.04 Å². The fourth-order valence-electron chi connectivity index (χ4n) is 1.81. The van der Waals surface area contributed by atoms with E-state index in [1.807, 2.05) is 35.0 Å². The van der Waals surface area contributed by atoms with E-state index in [4.69, 9.17) is 15.2 Å². The Balaban J connectivity index is 2.49. The summed E-state index contributed by atoms with van der Waals surface area (Å²) in [5.41, 5.74) is 8.21. The first kappa shape index (κ1) is 12.0. The third-order valence-corrected chi connectivity index (χ3v) is 3.38. The highest BCUT2D eigenvalue weighted by Crippen LogP contribution is 2.36. The Kier molecular flexibility index (Phi) is 3.66. The van der Waals surface area contributed by atoms with Crippen LogP contribution in [0.25, 0.3) is 0 Å². The molecular formula is C13H15NO2S. The highest BCUT2D eigenvalue weighted by Gasteiger charge is 2.19. The fraction of sp³-hybridized carbons (Fsp3) is 0.231. The van der Waals surface area contributed by atoms with Crippen molar-refractivity contribution < 1.29 is 9.47 Å². The van der Waals surface area contributed by atoms with Crippen LogP contribution in [0.3, 0.4) is 0 Å². The summed E-state index contributed by atoms with van der Waals surface area (Å²) >= 11 is 1.63. The minimum atomic E-state index is -0.229. The molecule has 1 atom stereocenters. The minimum Gasteiger partial charge on any atom is -0.496 e. The van der Waals surface area contributed by atoms with Crippen molar-refractivity contribution in [1.29, 1.82) is 0 Å². The smallest absolute Gasteiger partial charge is 0.127 e. The van der Waals surface area contributed by atoms with Gasteiger partial charge in [0.25, 0.3) is 0 Å². The van der Waals surface area contributed by atoms with Crippen molar-refractivity contribution in [2.24, 2.45) is 5.73 Å². The lowest BCUT2D eigenvalue weighted by atomic mass is 10.00. The molecule has 0 spiro atoms. The second-order valence-electron chi connectivity index (χ2n) is 3.61. The lowest BCUT2D eigenvalue weighted by molar-refractivity contribution is 0.382. The Bertz CT molecular complexity index is 460. The van der Waals surface area contributed by atoms with Crippen LogP contribution in [0.15, 0.2) is 35.0 Å². The maximum absolute atomic E-state index is 6.26. The molecule has 0 fully saturated rings.